The molecule has 1 fully saturated rings. The monoisotopic (exact) mass is 446 g/mol. The molecule has 4 rings (SSSR count). The molecule has 10 heteroatoms. The van der Waals surface area contributed by atoms with E-state index in [1.807, 2.05) is 13.8 Å². The van der Waals surface area contributed by atoms with Crippen LogP contribution in [0.2, 0.25) is 0 Å². The van der Waals surface area contributed by atoms with Crippen molar-refractivity contribution in [2.75, 3.05) is 25.0 Å². The molecule has 1 aliphatic heterocycles. The van der Waals surface area contributed by atoms with Crippen LogP contribution in [0.1, 0.15) is 35.9 Å². The van der Waals surface area contributed by atoms with Crippen molar-refractivity contribution in [3.8, 4) is 11.4 Å². The van der Waals surface area contributed by atoms with E-state index >= 15 is 0 Å². The molecule has 7 nitrogen and oxygen atoms in total. The molecule has 1 saturated heterocycles. The van der Waals surface area contributed by atoms with Crippen LogP contribution in [0, 0.1) is 19.8 Å². The molecule has 0 unspecified atom stereocenters. The highest BCUT2D eigenvalue weighted by atomic mass is 19.4. The second-order valence-electron chi connectivity index (χ2n) is 8.05. The van der Waals surface area contributed by atoms with Gasteiger partial charge >= 0.3 is 6.18 Å². The molecule has 0 aromatic carbocycles. The number of anilines is 1. The minimum atomic E-state index is -4.55. The molecule has 3 aromatic rings. The maximum Gasteiger partial charge on any atom is 0.433 e. The van der Waals surface area contributed by atoms with E-state index in [-0.39, 0.29) is 11.6 Å². The predicted octanol–water partition coefficient (Wildman–Crippen LogP) is 4.49. The highest BCUT2D eigenvalue weighted by molar-refractivity contribution is 5.57. The molecule has 32 heavy (non-hydrogen) atoms. The number of nitrogens with zero attached hydrogens (tertiary/aromatic N) is 5. The fourth-order valence-corrected chi connectivity index (χ4v) is 3.71. The van der Waals surface area contributed by atoms with Gasteiger partial charge in [-0.15, -0.1) is 0 Å². The summed E-state index contributed by atoms with van der Waals surface area (Å²) in [4.78, 5) is 18.6. The van der Waals surface area contributed by atoms with Crippen molar-refractivity contribution >= 4 is 5.82 Å². The molecule has 1 N–H and O–H groups in total. The Hall–Kier alpha value is -3.01. The van der Waals surface area contributed by atoms with E-state index in [0.29, 0.717) is 24.6 Å². The smallest absolute Gasteiger partial charge is 0.433 e. The molecule has 0 radical (unpaired) electrons. The summed E-state index contributed by atoms with van der Waals surface area (Å²) in [5.41, 5.74) is 0.431. The lowest BCUT2D eigenvalue weighted by atomic mass is 9.97. The summed E-state index contributed by atoms with van der Waals surface area (Å²) in [5, 5.41) is 3.10. The van der Waals surface area contributed by atoms with Crippen LogP contribution in [0.5, 0.6) is 0 Å². The van der Waals surface area contributed by atoms with Crippen molar-refractivity contribution in [1.29, 1.82) is 0 Å². The van der Waals surface area contributed by atoms with Crippen LogP contribution in [0.4, 0.5) is 19.0 Å². The van der Waals surface area contributed by atoms with Crippen molar-refractivity contribution in [2.24, 2.45) is 5.92 Å². The summed E-state index contributed by atoms with van der Waals surface area (Å²) in [6, 6.07) is 4.14. The Morgan fingerprint density at radius 2 is 1.81 bits per heavy atom. The number of nitrogens with one attached hydrogen (secondary N) is 1. The van der Waals surface area contributed by atoms with E-state index in [2.05, 4.69) is 30.2 Å². The van der Waals surface area contributed by atoms with Gasteiger partial charge in [0.25, 0.3) is 0 Å². The number of oxazole rings is 1. The Morgan fingerprint density at radius 1 is 1.09 bits per heavy atom. The first-order valence-electron chi connectivity index (χ1n) is 10.5. The van der Waals surface area contributed by atoms with Gasteiger partial charge in [-0.2, -0.15) is 13.2 Å². The molecule has 0 aliphatic carbocycles. The minimum absolute atomic E-state index is 0.0241. The van der Waals surface area contributed by atoms with Gasteiger partial charge in [0.2, 0.25) is 5.89 Å². The molecule has 0 spiro atoms. The van der Waals surface area contributed by atoms with E-state index in [9.17, 15) is 13.2 Å². The summed E-state index contributed by atoms with van der Waals surface area (Å²) in [7, 11) is 0. The lowest BCUT2D eigenvalue weighted by Gasteiger charge is -2.31. The van der Waals surface area contributed by atoms with Crippen LogP contribution in [0.25, 0.3) is 11.4 Å². The molecule has 0 atom stereocenters. The zero-order chi connectivity index (χ0) is 22.7. The zero-order valence-electron chi connectivity index (χ0n) is 18.0. The number of pyridine rings is 1. The Bertz CT molecular complexity index is 1030. The second kappa shape index (κ2) is 9.23. The molecule has 0 amide bonds. The third kappa shape index (κ3) is 5.42. The maximum atomic E-state index is 13.4. The number of likely N-dealkylation sites (tertiary alicyclic amines) is 1. The van der Waals surface area contributed by atoms with Crippen molar-refractivity contribution < 1.29 is 17.6 Å². The fraction of sp³-hybridized carbons (Fsp3) is 0.455. The summed E-state index contributed by atoms with van der Waals surface area (Å²) in [6.45, 7) is 6.82. The van der Waals surface area contributed by atoms with Gasteiger partial charge in [-0.05, 0) is 57.8 Å². The molecular weight excluding hydrogens is 421 g/mol. The quantitative estimate of drug-likeness (QED) is 0.598. The average molecular weight is 446 g/mol. The third-order valence-corrected chi connectivity index (χ3v) is 5.67. The molecule has 1 aliphatic rings. The molecule has 4 heterocycles. The van der Waals surface area contributed by atoms with Gasteiger partial charge in [0.05, 0.1) is 12.2 Å². The Morgan fingerprint density at radius 3 is 2.44 bits per heavy atom. The van der Waals surface area contributed by atoms with Crippen LogP contribution in [-0.4, -0.2) is 44.5 Å². The summed E-state index contributed by atoms with van der Waals surface area (Å²) in [6.07, 6.45) is 0.310. The normalized spacial score (nSPS) is 15.8. The van der Waals surface area contributed by atoms with E-state index in [4.69, 9.17) is 4.42 Å². The minimum Gasteiger partial charge on any atom is -0.444 e. The summed E-state index contributed by atoms with van der Waals surface area (Å²) in [5.74, 6) is 2.10. The molecule has 170 valence electrons. The van der Waals surface area contributed by atoms with Crippen LogP contribution in [0.15, 0.2) is 35.0 Å². The highest BCUT2D eigenvalue weighted by Gasteiger charge is 2.34. The maximum absolute atomic E-state index is 13.4. The molecular formula is C22H25F3N6O. The van der Waals surface area contributed by atoms with Crippen molar-refractivity contribution in [3.63, 3.8) is 0 Å². The van der Waals surface area contributed by atoms with E-state index < -0.39 is 11.9 Å². The topological polar surface area (TPSA) is 80.0 Å². The van der Waals surface area contributed by atoms with Gasteiger partial charge in [0, 0.05) is 30.6 Å². The lowest BCUT2D eigenvalue weighted by Crippen LogP contribution is -2.35. The average Bonchev–Trinajstić information content (AvgIpc) is 3.09. The van der Waals surface area contributed by atoms with Gasteiger partial charge in [-0.25, -0.2) is 15.0 Å². The number of alkyl halides is 3. The SMILES string of the molecule is Cc1nc(CN2CCC(CNc3cc(C(F)(F)F)nc(-c4ccncc4)n3)CC2)oc1C. The zero-order valence-corrected chi connectivity index (χ0v) is 18.0. The largest absolute Gasteiger partial charge is 0.444 e. The van der Waals surface area contributed by atoms with Gasteiger partial charge in [-0.1, -0.05) is 0 Å². The van der Waals surface area contributed by atoms with Crippen LogP contribution in [0.3, 0.4) is 0 Å². The first-order valence-corrected chi connectivity index (χ1v) is 10.5. The van der Waals surface area contributed by atoms with Gasteiger partial charge in [-0.3, -0.25) is 9.88 Å². The number of halogens is 3. The Labute approximate surface area is 184 Å². The van der Waals surface area contributed by atoms with E-state index in [1.54, 1.807) is 12.1 Å². The van der Waals surface area contributed by atoms with Crippen LogP contribution in [-0.2, 0) is 12.7 Å². The first-order chi connectivity index (χ1) is 15.3. The number of hydrogen-bond donors (Lipinski definition) is 1. The number of piperidine rings is 1. The number of hydrogen-bond acceptors (Lipinski definition) is 7. The van der Waals surface area contributed by atoms with Crippen LogP contribution >= 0.6 is 0 Å². The van der Waals surface area contributed by atoms with Gasteiger partial charge < -0.3 is 9.73 Å². The summed E-state index contributed by atoms with van der Waals surface area (Å²) >= 11 is 0. The Kier molecular flexibility index (Phi) is 6.40. The first kappa shape index (κ1) is 22.2. The fourth-order valence-electron chi connectivity index (χ4n) is 3.71. The standard InChI is InChI=1S/C22H25F3N6O/c1-14-15(2)32-20(28-14)13-31-9-5-16(6-10-31)12-27-19-11-18(22(23,24)25)29-21(30-19)17-3-7-26-8-4-17/h3-4,7-8,11,16H,5-6,9-10,12-13H2,1-2H3,(H,27,29,30). The van der Waals surface area contributed by atoms with E-state index in [1.165, 1.54) is 12.4 Å². The van der Waals surface area contributed by atoms with E-state index in [0.717, 1.165) is 49.3 Å². The molecule has 0 saturated carbocycles. The lowest BCUT2D eigenvalue weighted by molar-refractivity contribution is -0.141. The van der Waals surface area contributed by atoms with Crippen LogP contribution < -0.4 is 5.32 Å². The van der Waals surface area contributed by atoms with Gasteiger partial charge in [0.1, 0.15) is 11.6 Å². The molecule has 3 aromatic heterocycles. The second-order valence-corrected chi connectivity index (χ2v) is 8.05. The summed E-state index contributed by atoms with van der Waals surface area (Å²) < 4.78 is 45.7. The highest BCUT2D eigenvalue weighted by Crippen LogP contribution is 2.31. The third-order valence-electron chi connectivity index (χ3n) is 5.67. The van der Waals surface area contributed by atoms with Gasteiger partial charge in [0.15, 0.2) is 11.5 Å². The van der Waals surface area contributed by atoms with Crippen molar-refractivity contribution in [3.05, 3.63) is 53.6 Å². The number of aryl methyl sites for hydroxylation is 2. The molecule has 0 bridgehead atoms. The predicted molar refractivity (Wildman–Crippen MR) is 113 cm³/mol. The number of rotatable bonds is 6. The van der Waals surface area contributed by atoms with Crippen molar-refractivity contribution in [1.82, 2.24) is 24.8 Å². The number of aromatic nitrogens is 4. The Balaban J connectivity index is 1.37. The van der Waals surface area contributed by atoms with Crippen molar-refractivity contribution in [2.45, 2.75) is 39.4 Å².